The average Bonchev–Trinajstić information content (AvgIpc) is 3.23. The van der Waals surface area contributed by atoms with Crippen LogP contribution in [-0.4, -0.2) is 40.5 Å². The van der Waals surface area contributed by atoms with Gasteiger partial charge in [-0.3, -0.25) is 13.8 Å². The number of nitrogens with zero attached hydrogens (tertiary/aromatic N) is 2. The zero-order valence-electron chi connectivity index (χ0n) is 17.1. The summed E-state index contributed by atoms with van der Waals surface area (Å²) in [5.74, 6) is -0.303. The van der Waals surface area contributed by atoms with E-state index in [0.29, 0.717) is 17.8 Å². The van der Waals surface area contributed by atoms with Crippen molar-refractivity contribution in [3.05, 3.63) is 66.2 Å². The molecule has 0 bridgehead atoms. The van der Waals surface area contributed by atoms with Crippen LogP contribution in [0.5, 0.6) is 0 Å². The number of sulfonamides is 2. The van der Waals surface area contributed by atoms with Crippen molar-refractivity contribution in [2.45, 2.75) is 17.7 Å². The van der Waals surface area contributed by atoms with Crippen LogP contribution in [0.25, 0.3) is 0 Å². The van der Waals surface area contributed by atoms with E-state index in [4.69, 9.17) is 0 Å². The van der Waals surface area contributed by atoms with E-state index >= 15 is 0 Å². The molecular formula is C20H22N4O5S3. The molecule has 2 N–H and O–H groups in total. The van der Waals surface area contributed by atoms with Crippen LogP contribution in [0.15, 0.2) is 71.1 Å². The Balaban J connectivity index is 1.55. The zero-order chi connectivity index (χ0) is 23.2. The number of carbonyl (C=O) groups is 1. The highest BCUT2D eigenvalue weighted by molar-refractivity contribution is 7.93. The molecule has 2 aromatic carbocycles. The molecule has 3 aromatic rings. The van der Waals surface area contributed by atoms with Crippen molar-refractivity contribution in [1.82, 2.24) is 4.98 Å². The van der Waals surface area contributed by atoms with E-state index in [9.17, 15) is 21.6 Å². The maximum atomic E-state index is 12.4. The second kappa shape index (κ2) is 10.1. The Morgan fingerprint density at radius 2 is 1.72 bits per heavy atom. The molecule has 0 radical (unpaired) electrons. The number of para-hydroxylation sites is 1. The van der Waals surface area contributed by atoms with E-state index < -0.39 is 20.0 Å². The number of thiazole rings is 1. The lowest BCUT2D eigenvalue weighted by Crippen LogP contribution is -2.31. The van der Waals surface area contributed by atoms with E-state index in [1.807, 2.05) is 0 Å². The second-order valence-electron chi connectivity index (χ2n) is 6.79. The molecule has 0 saturated heterocycles. The Kier molecular flexibility index (Phi) is 7.48. The third-order valence-electron chi connectivity index (χ3n) is 4.31. The van der Waals surface area contributed by atoms with Crippen molar-refractivity contribution in [3.8, 4) is 0 Å². The summed E-state index contributed by atoms with van der Waals surface area (Å²) in [6.45, 7) is 0.163. The molecule has 0 aliphatic heterocycles. The van der Waals surface area contributed by atoms with Crippen molar-refractivity contribution >= 4 is 53.8 Å². The van der Waals surface area contributed by atoms with Gasteiger partial charge in [-0.15, -0.1) is 11.3 Å². The van der Waals surface area contributed by atoms with Crippen LogP contribution in [0.4, 0.5) is 16.5 Å². The van der Waals surface area contributed by atoms with E-state index in [-0.39, 0.29) is 28.9 Å². The zero-order valence-corrected chi connectivity index (χ0v) is 19.6. The van der Waals surface area contributed by atoms with Gasteiger partial charge in [0.15, 0.2) is 5.13 Å². The Morgan fingerprint density at radius 1 is 1.03 bits per heavy atom. The number of anilines is 3. The minimum Gasteiger partial charge on any atom is -0.326 e. The molecule has 9 nitrogen and oxygen atoms in total. The Hall–Kier alpha value is -2.96. The molecule has 0 fully saturated rings. The smallest absolute Gasteiger partial charge is 0.263 e. The molecule has 12 heteroatoms. The normalized spacial score (nSPS) is 11.7. The van der Waals surface area contributed by atoms with Gasteiger partial charge in [0, 0.05) is 30.2 Å². The number of rotatable bonds is 10. The first-order valence-corrected chi connectivity index (χ1v) is 13.7. The minimum atomic E-state index is -3.77. The summed E-state index contributed by atoms with van der Waals surface area (Å²) < 4.78 is 52.5. The summed E-state index contributed by atoms with van der Waals surface area (Å²) in [6.07, 6.45) is 3.04. The van der Waals surface area contributed by atoms with Gasteiger partial charge in [-0.1, -0.05) is 18.2 Å². The quantitative estimate of drug-likeness (QED) is 0.446. The predicted molar refractivity (Wildman–Crippen MR) is 126 cm³/mol. The van der Waals surface area contributed by atoms with Crippen LogP contribution in [0.2, 0.25) is 0 Å². The van der Waals surface area contributed by atoms with Crippen molar-refractivity contribution in [2.75, 3.05) is 27.1 Å². The van der Waals surface area contributed by atoms with E-state index in [1.165, 1.54) is 46.1 Å². The highest BCUT2D eigenvalue weighted by Crippen LogP contribution is 2.20. The van der Waals surface area contributed by atoms with Gasteiger partial charge in [-0.05, 0) is 42.8 Å². The highest BCUT2D eigenvalue weighted by Gasteiger charge is 2.18. The van der Waals surface area contributed by atoms with Crippen LogP contribution in [0, 0.1) is 0 Å². The summed E-state index contributed by atoms with van der Waals surface area (Å²) in [5.41, 5.74) is 0.977. The fourth-order valence-electron chi connectivity index (χ4n) is 2.85. The number of benzene rings is 2. The minimum absolute atomic E-state index is 0.0392. The summed E-state index contributed by atoms with van der Waals surface area (Å²) in [5, 5.41) is 4.61. The van der Waals surface area contributed by atoms with Gasteiger partial charge >= 0.3 is 0 Å². The average molecular weight is 495 g/mol. The SMILES string of the molecule is CS(=O)(=O)N(CCCC(=O)Nc1ccc(S(=O)(=O)Nc2nccs2)cc1)c1ccccc1. The van der Waals surface area contributed by atoms with Crippen molar-refractivity contribution < 1.29 is 21.6 Å². The van der Waals surface area contributed by atoms with Crippen LogP contribution in [0.3, 0.4) is 0 Å². The monoisotopic (exact) mass is 494 g/mol. The van der Waals surface area contributed by atoms with Crippen LogP contribution in [-0.2, 0) is 24.8 Å². The topological polar surface area (TPSA) is 126 Å². The maximum absolute atomic E-state index is 12.4. The summed E-state index contributed by atoms with van der Waals surface area (Å²) in [6, 6.07) is 14.4. The lowest BCUT2D eigenvalue weighted by atomic mass is 10.2. The van der Waals surface area contributed by atoms with Crippen molar-refractivity contribution in [2.24, 2.45) is 0 Å². The second-order valence-corrected chi connectivity index (χ2v) is 11.3. The lowest BCUT2D eigenvalue weighted by Gasteiger charge is -2.22. The number of nitrogens with one attached hydrogen (secondary N) is 2. The maximum Gasteiger partial charge on any atom is 0.263 e. The summed E-state index contributed by atoms with van der Waals surface area (Å²) >= 11 is 1.17. The predicted octanol–water partition coefficient (Wildman–Crippen LogP) is 3.13. The number of amides is 1. The molecular weight excluding hydrogens is 472 g/mol. The highest BCUT2D eigenvalue weighted by atomic mass is 32.2. The number of hydrogen-bond acceptors (Lipinski definition) is 7. The van der Waals surface area contributed by atoms with Crippen molar-refractivity contribution in [3.63, 3.8) is 0 Å². The first kappa shape index (κ1) is 23.7. The number of carbonyl (C=O) groups excluding carboxylic acids is 1. The van der Waals surface area contributed by atoms with E-state index in [2.05, 4.69) is 15.0 Å². The molecule has 0 aliphatic carbocycles. The molecule has 1 heterocycles. The molecule has 0 spiro atoms. The Labute approximate surface area is 191 Å². The van der Waals surface area contributed by atoms with Gasteiger partial charge in [0.25, 0.3) is 10.0 Å². The molecule has 0 aliphatic rings. The number of aromatic nitrogens is 1. The fourth-order valence-corrected chi connectivity index (χ4v) is 5.61. The van der Waals surface area contributed by atoms with Crippen LogP contribution >= 0.6 is 11.3 Å². The van der Waals surface area contributed by atoms with Gasteiger partial charge in [-0.25, -0.2) is 21.8 Å². The first-order valence-electron chi connectivity index (χ1n) is 9.50. The molecule has 1 aromatic heterocycles. The molecule has 0 atom stereocenters. The van der Waals surface area contributed by atoms with Gasteiger partial charge in [0.05, 0.1) is 16.8 Å². The summed E-state index contributed by atoms with van der Waals surface area (Å²) in [7, 11) is -7.25. The van der Waals surface area contributed by atoms with Gasteiger partial charge < -0.3 is 5.32 Å². The van der Waals surface area contributed by atoms with E-state index in [1.54, 1.807) is 35.7 Å². The molecule has 3 rings (SSSR count). The fraction of sp³-hybridized carbons (Fsp3) is 0.200. The van der Waals surface area contributed by atoms with Crippen LogP contribution in [0.1, 0.15) is 12.8 Å². The van der Waals surface area contributed by atoms with Crippen LogP contribution < -0.4 is 14.3 Å². The number of hydrogen-bond donors (Lipinski definition) is 2. The summed E-state index contributed by atoms with van der Waals surface area (Å²) in [4.78, 5) is 16.2. The van der Waals surface area contributed by atoms with Gasteiger partial charge in [0.1, 0.15) is 0 Å². The van der Waals surface area contributed by atoms with E-state index in [0.717, 1.165) is 6.26 Å². The van der Waals surface area contributed by atoms with Gasteiger partial charge in [0.2, 0.25) is 15.9 Å². The molecule has 1 amide bonds. The Morgan fingerprint density at radius 3 is 2.31 bits per heavy atom. The van der Waals surface area contributed by atoms with Gasteiger partial charge in [-0.2, -0.15) is 0 Å². The lowest BCUT2D eigenvalue weighted by molar-refractivity contribution is -0.116. The largest absolute Gasteiger partial charge is 0.326 e. The third kappa shape index (κ3) is 6.52. The first-order chi connectivity index (χ1) is 15.1. The molecule has 0 unspecified atom stereocenters. The molecule has 32 heavy (non-hydrogen) atoms. The molecule has 0 saturated carbocycles. The molecule has 170 valence electrons. The van der Waals surface area contributed by atoms with Crippen molar-refractivity contribution in [1.29, 1.82) is 0 Å². The standard InChI is InChI=1S/C20H22N4O5S3/c1-31(26,27)24(17-6-3-2-4-7-17)14-5-8-19(25)22-16-9-11-18(12-10-16)32(28,29)23-20-21-13-15-30-20/h2-4,6-7,9-13,15H,5,8,14H2,1H3,(H,21,23)(H,22,25). The third-order valence-corrected chi connectivity index (χ3v) is 7.68. The Bertz CT molecular complexity index is 1240.